The molecule has 2 rings (SSSR count). The lowest BCUT2D eigenvalue weighted by atomic mass is 9.91. The summed E-state index contributed by atoms with van der Waals surface area (Å²) in [5.41, 5.74) is 1.04. The van der Waals surface area contributed by atoms with Crippen molar-refractivity contribution in [3.05, 3.63) is 35.9 Å². The molecule has 1 aromatic rings. The molecule has 0 bridgehead atoms. The highest BCUT2D eigenvalue weighted by Crippen LogP contribution is 2.23. The molecule has 1 saturated heterocycles. The van der Waals surface area contributed by atoms with Crippen LogP contribution >= 0.6 is 0 Å². The number of nitrogens with zero attached hydrogens (tertiary/aromatic N) is 1. The lowest BCUT2D eigenvalue weighted by Gasteiger charge is -2.35. The lowest BCUT2D eigenvalue weighted by molar-refractivity contribution is 0.103. The van der Waals surface area contributed by atoms with Crippen LogP contribution in [0.2, 0.25) is 0 Å². The number of hydrogen-bond acceptors (Lipinski definition) is 2. The predicted molar refractivity (Wildman–Crippen MR) is 75.4 cm³/mol. The molecule has 3 unspecified atom stereocenters. The van der Waals surface area contributed by atoms with Crippen molar-refractivity contribution in [1.29, 1.82) is 0 Å². The van der Waals surface area contributed by atoms with Crippen molar-refractivity contribution < 1.29 is 5.11 Å². The molecule has 0 aromatic heterocycles. The highest BCUT2D eigenvalue weighted by atomic mass is 16.3. The molecule has 0 radical (unpaired) electrons. The van der Waals surface area contributed by atoms with Gasteiger partial charge in [-0.05, 0) is 30.2 Å². The van der Waals surface area contributed by atoms with Crippen LogP contribution in [0.4, 0.5) is 0 Å². The third-order valence-electron chi connectivity index (χ3n) is 3.85. The van der Waals surface area contributed by atoms with Crippen molar-refractivity contribution in [2.24, 2.45) is 11.8 Å². The Morgan fingerprint density at radius 1 is 1.17 bits per heavy atom. The molecule has 100 valence electrons. The van der Waals surface area contributed by atoms with Crippen LogP contribution in [0, 0.1) is 11.8 Å². The molecule has 0 aliphatic carbocycles. The largest absolute Gasteiger partial charge is 0.388 e. The number of likely N-dealkylation sites (tertiary alicyclic amines) is 1. The first-order valence-corrected chi connectivity index (χ1v) is 7.10. The van der Waals surface area contributed by atoms with Crippen LogP contribution in [0.5, 0.6) is 0 Å². The fourth-order valence-corrected chi connectivity index (χ4v) is 3.12. The van der Waals surface area contributed by atoms with Crippen molar-refractivity contribution in [2.75, 3.05) is 19.6 Å². The van der Waals surface area contributed by atoms with Crippen LogP contribution in [0.1, 0.15) is 38.4 Å². The number of aliphatic hydroxyl groups excluding tert-OH is 1. The van der Waals surface area contributed by atoms with E-state index in [2.05, 4.69) is 18.7 Å². The summed E-state index contributed by atoms with van der Waals surface area (Å²) < 4.78 is 0. The van der Waals surface area contributed by atoms with E-state index in [4.69, 9.17) is 0 Å². The Morgan fingerprint density at radius 3 is 2.39 bits per heavy atom. The van der Waals surface area contributed by atoms with Gasteiger partial charge in [-0.3, -0.25) is 0 Å². The first kappa shape index (κ1) is 13.6. The summed E-state index contributed by atoms with van der Waals surface area (Å²) in [5, 5.41) is 10.2. The number of piperidine rings is 1. The number of benzene rings is 1. The molecule has 2 nitrogen and oxygen atoms in total. The number of aliphatic hydroxyl groups is 1. The van der Waals surface area contributed by atoms with Gasteiger partial charge in [0.25, 0.3) is 0 Å². The Morgan fingerprint density at radius 2 is 1.78 bits per heavy atom. The maximum absolute atomic E-state index is 10.2. The standard InChI is InChI=1S/C16H25NO/c1-13-10-14(2)12-17(11-13)9-8-16(18)15-6-4-3-5-7-15/h3-7,13-14,16,18H,8-12H2,1-2H3. The normalized spacial score (nSPS) is 27.1. The van der Waals surface area contributed by atoms with E-state index in [0.717, 1.165) is 30.4 Å². The third-order valence-corrected chi connectivity index (χ3v) is 3.85. The van der Waals surface area contributed by atoms with Crippen molar-refractivity contribution >= 4 is 0 Å². The minimum Gasteiger partial charge on any atom is -0.388 e. The Kier molecular flexibility index (Phi) is 4.79. The van der Waals surface area contributed by atoms with Gasteiger partial charge in [0, 0.05) is 19.6 Å². The fourth-order valence-electron chi connectivity index (χ4n) is 3.12. The summed E-state index contributed by atoms with van der Waals surface area (Å²) in [7, 11) is 0. The molecule has 1 heterocycles. The van der Waals surface area contributed by atoms with E-state index < -0.39 is 0 Å². The Hall–Kier alpha value is -0.860. The maximum Gasteiger partial charge on any atom is 0.0802 e. The van der Waals surface area contributed by atoms with E-state index in [1.54, 1.807) is 0 Å². The summed E-state index contributed by atoms with van der Waals surface area (Å²) in [6.07, 6.45) is 1.86. The van der Waals surface area contributed by atoms with Crippen molar-refractivity contribution in [3.63, 3.8) is 0 Å². The van der Waals surface area contributed by atoms with Crippen LogP contribution in [0.25, 0.3) is 0 Å². The molecule has 1 aliphatic heterocycles. The van der Waals surface area contributed by atoms with Gasteiger partial charge in [0.15, 0.2) is 0 Å². The predicted octanol–water partition coefficient (Wildman–Crippen LogP) is 3.09. The van der Waals surface area contributed by atoms with Gasteiger partial charge in [-0.2, -0.15) is 0 Å². The summed E-state index contributed by atoms with van der Waals surface area (Å²) in [5.74, 6) is 1.59. The van der Waals surface area contributed by atoms with Crippen molar-refractivity contribution in [2.45, 2.75) is 32.8 Å². The molecule has 2 heteroatoms. The molecule has 1 N–H and O–H groups in total. The van der Waals surface area contributed by atoms with Crippen LogP contribution in [0.15, 0.2) is 30.3 Å². The molecule has 1 fully saturated rings. The average molecular weight is 247 g/mol. The van der Waals surface area contributed by atoms with Gasteiger partial charge in [0.2, 0.25) is 0 Å². The maximum atomic E-state index is 10.2. The topological polar surface area (TPSA) is 23.5 Å². The molecule has 0 amide bonds. The summed E-state index contributed by atoms with van der Waals surface area (Å²) in [6, 6.07) is 9.98. The summed E-state index contributed by atoms with van der Waals surface area (Å²) in [4.78, 5) is 2.50. The molecule has 1 aliphatic rings. The lowest BCUT2D eigenvalue weighted by Crippen LogP contribution is -2.39. The van der Waals surface area contributed by atoms with E-state index >= 15 is 0 Å². The summed E-state index contributed by atoms with van der Waals surface area (Å²) in [6.45, 7) is 8.04. The monoisotopic (exact) mass is 247 g/mol. The second-order valence-corrected chi connectivity index (χ2v) is 5.92. The number of hydrogen-bond donors (Lipinski definition) is 1. The van der Waals surface area contributed by atoms with Crippen molar-refractivity contribution in [3.8, 4) is 0 Å². The fraction of sp³-hybridized carbons (Fsp3) is 0.625. The van der Waals surface area contributed by atoms with E-state index in [-0.39, 0.29) is 6.10 Å². The smallest absolute Gasteiger partial charge is 0.0802 e. The molecule has 0 saturated carbocycles. The quantitative estimate of drug-likeness (QED) is 0.884. The Labute approximate surface area is 111 Å². The Balaban J connectivity index is 1.81. The molecule has 1 aromatic carbocycles. The highest BCUT2D eigenvalue weighted by Gasteiger charge is 2.22. The van der Waals surface area contributed by atoms with E-state index in [0.29, 0.717) is 0 Å². The second-order valence-electron chi connectivity index (χ2n) is 5.92. The zero-order valence-electron chi connectivity index (χ0n) is 11.5. The van der Waals surface area contributed by atoms with Gasteiger partial charge in [0.05, 0.1) is 6.10 Å². The molecular formula is C16H25NO. The Bertz CT molecular complexity index is 341. The van der Waals surface area contributed by atoms with Crippen LogP contribution in [-0.4, -0.2) is 29.6 Å². The SMILES string of the molecule is CC1CC(C)CN(CCC(O)c2ccccc2)C1. The highest BCUT2D eigenvalue weighted by molar-refractivity contribution is 5.17. The van der Waals surface area contributed by atoms with Gasteiger partial charge >= 0.3 is 0 Å². The molecule has 3 atom stereocenters. The second kappa shape index (κ2) is 6.35. The van der Waals surface area contributed by atoms with Gasteiger partial charge < -0.3 is 10.0 Å². The average Bonchev–Trinajstić information content (AvgIpc) is 2.36. The third kappa shape index (κ3) is 3.82. The van der Waals surface area contributed by atoms with Gasteiger partial charge in [-0.15, -0.1) is 0 Å². The first-order valence-electron chi connectivity index (χ1n) is 7.10. The minimum absolute atomic E-state index is 0.321. The summed E-state index contributed by atoms with van der Waals surface area (Å²) >= 11 is 0. The van der Waals surface area contributed by atoms with Gasteiger partial charge in [-0.1, -0.05) is 44.2 Å². The van der Waals surface area contributed by atoms with E-state index in [1.165, 1.54) is 19.5 Å². The van der Waals surface area contributed by atoms with Crippen LogP contribution in [0.3, 0.4) is 0 Å². The van der Waals surface area contributed by atoms with Crippen LogP contribution < -0.4 is 0 Å². The van der Waals surface area contributed by atoms with E-state index in [1.807, 2.05) is 30.3 Å². The van der Waals surface area contributed by atoms with Gasteiger partial charge in [0.1, 0.15) is 0 Å². The molecule has 0 spiro atoms. The van der Waals surface area contributed by atoms with E-state index in [9.17, 15) is 5.11 Å². The zero-order valence-corrected chi connectivity index (χ0v) is 11.5. The first-order chi connectivity index (χ1) is 8.65. The zero-order chi connectivity index (χ0) is 13.0. The van der Waals surface area contributed by atoms with Gasteiger partial charge in [-0.25, -0.2) is 0 Å². The van der Waals surface area contributed by atoms with Crippen molar-refractivity contribution in [1.82, 2.24) is 4.90 Å². The number of rotatable bonds is 4. The minimum atomic E-state index is -0.321. The van der Waals surface area contributed by atoms with Crippen LogP contribution in [-0.2, 0) is 0 Å². The molecular weight excluding hydrogens is 222 g/mol. The molecule has 18 heavy (non-hydrogen) atoms.